The third-order valence-corrected chi connectivity index (χ3v) is 3.40. The van der Waals surface area contributed by atoms with Crippen LogP contribution in [0.2, 0.25) is 0 Å². The maximum Gasteiger partial charge on any atom is 0.335 e. The Hall–Kier alpha value is -1.88. The molecule has 2 N–H and O–H groups in total. The van der Waals surface area contributed by atoms with E-state index in [9.17, 15) is 9.59 Å². The lowest BCUT2D eigenvalue weighted by atomic mass is 10.1. The van der Waals surface area contributed by atoms with Gasteiger partial charge in [0.2, 0.25) is 0 Å². The first-order valence-corrected chi connectivity index (χ1v) is 6.90. The molecule has 0 aromatic heterocycles. The molecule has 1 aromatic carbocycles. The van der Waals surface area contributed by atoms with Gasteiger partial charge in [0, 0.05) is 18.7 Å². The predicted octanol–water partition coefficient (Wildman–Crippen LogP) is 2.07. The van der Waals surface area contributed by atoms with Gasteiger partial charge in [0.05, 0.1) is 11.7 Å². The summed E-state index contributed by atoms with van der Waals surface area (Å²) in [5.74, 6) is -1.28. The van der Waals surface area contributed by atoms with Crippen LogP contribution in [0.3, 0.4) is 0 Å². The van der Waals surface area contributed by atoms with E-state index >= 15 is 0 Å². The summed E-state index contributed by atoms with van der Waals surface area (Å²) in [5.41, 5.74) is 0.489. The molecule has 0 spiro atoms. The molecule has 108 valence electrons. The van der Waals surface area contributed by atoms with Crippen molar-refractivity contribution in [3.63, 3.8) is 0 Å². The maximum absolute atomic E-state index is 11.9. The zero-order chi connectivity index (χ0) is 14.4. The molecule has 1 aliphatic rings. The topological polar surface area (TPSA) is 75.6 Å². The summed E-state index contributed by atoms with van der Waals surface area (Å²) >= 11 is 0. The molecule has 1 fully saturated rings. The third-order valence-electron chi connectivity index (χ3n) is 3.40. The summed E-state index contributed by atoms with van der Waals surface area (Å²) in [6.07, 6.45) is 4.37. The number of carboxylic acids is 1. The number of hydrogen-bond acceptors (Lipinski definition) is 3. The minimum absolute atomic E-state index is 0.119. The van der Waals surface area contributed by atoms with Crippen LogP contribution < -0.4 is 5.32 Å². The van der Waals surface area contributed by atoms with Gasteiger partial charge in [0.15, 0.2) is 0 Å². The molecule has 0 radical (unpaired) electrons. The summed E-state index contributed by atoms with van der Waals surface area (Å²) in [7, 11) is 0. The fourth-order valence-electron chi connectivity index (χ4n) is 2.28. The number of aromatic carboxylic acids is 1. The van der Waals surface area contributed by atoms with Crippen molar-refractivity contribution in [2.45, 2.75) is 31.8 Å². The highest BCUT2D eigenvalue weighted by Gasteiger charge is 2.14. The average molecular weight is 277 g/mol. The number of hydrogen-bond donors (Lipinski definition) is 2. The van der Waals surface area contributed by atoms with Gasteiger partial charge in [-0.3, -0.25) is 4.79 Å². The molecule has 0 aliphatic carbocycles. The van der Waals surface area contributed by atoms with Gasteiger partial charge in [0.25, 0.3) is 5.91 Å². The van der Waals surface area contributed by atoms with Crippen molar-refractivity contribution in [1.29, 1.82) is 0 Å². The molecule has 1 atom stereocenters. The molecular formula is C15H19NO4. The van der Waals surface area contributed by atoms with Crippen molar-refractivity contribution < 1.29 is 19.4 Å². The molecule has 1 aliphatic heterocycles. The monoisotopic (exact) mass is 277 g/mol. The molecule has 2 rings (SSSR count). The number of ether oxygens (including phenoxy) is 1. The molecule has 1 unspecified atom stereocenters. The van der Waals surface area contributed by atoms with Gasteiger partial charge in [-0.1, -0.05) is 6.07 Å². The zero-order valence-electron chi connectivity index (χ0n) is 11.3. The van der Waals surface area contributed by atoms with E-state index < -0.39 is 5.97 Å². The third kappa shape index (κ3) is 4.06. The van der Waals surface area contributed by atoms with Crippen molar-refractivity contribution in [2.75, 3.05) is 13.2 Å². The summed E-state index contributed by atoms with van der Waals surface area (Å²) < 4.78 is 5.59. The largest absolute Gasteiger partial charge is 0.478 e. The zero-order valence-corrected chi connectivity index (χ0v) is 11.3. The number of carbonyl (C=O) groups is 2. The van der Waals surface area contributed by atoms with Gasteiger partial charge < -0.3 is 15.2 Å². The van der Waals surface area contributed by atoms with Gasteiger partial charge in [-0.25, -0.2) is 4.79 Å². The Labute approximate surface area is 117 Å². The lowest BCUT2D eigenvalue weighted by molar-refractivity contribution is 0.0117. The van der Waals surface area contributed by atoms with Gasteiger partial charge in [-0.2, -0.15) is 0 Å². The molecule has 0 bridgehead atoms. The first kappa shape index (κ1) is 14.5. The van der Waals surface area contributed by atoms with Crippen molar-refractivity contribution in [2.24, 2.45) is 0 Å². The minimum Gasteiger partial charge on any atom is -0.478 e. The van der Waals surface area contributed by atoms with Crippen LogP contribution in [0.15, 0.2) is 24.3 Å². The average Bonchev–Trinajstić information content (AvgIpc) is 2.48. The van der Waals surface area contributed by atoms with E-state index in [-0.39, 0.29) is 17.6 Å². The van der Waals surface area contributed by atoms with E-state index in [0.717, 1.165) is 25.9 Å². The molecule has 1 saturated heterocycles. The standard InChI is InChI=1S/C15H19NO4/c17-14(11-4-3-5-12(10-11)15(18)19)16-8-7-13-6-1-2-9-20-13/h3-5,10,13H,1-2,6-9H2,(H,16,17)(H,18,19). The van der Waals surface area contributed by atoms with Crippen LogP contribution in [0.25, 0.3) is 0 Å². The Kier molecular flexibility index (Phi) is 5.12. The molecule has 5 nitrogen and oxygen atoms in total. The highest BCUT2D eigenvalue weighted by Crippen LogP contribution is 2.15. The van der Waals surface area contributed by atoms with E-state index in [0.29, 0.717) is 12.1 Å². The Morgan fingerprint density at radius 2 is 2.10 bits per heavy atom. The minimum atomic E-state index is -1.03. The maximum atomic E-state index is 11.9. The Morgan fingerprint density at radius 3 is 2.80 bits per heavy atom. The number of carboxylic acid groups (broad SMARTS) is 1. The fourth-order valence-corrected chi connectivity index (χ4v) is 2.28. The Morgan fingerprint density at radius 1 is 1.30 bits per heavy atom. The highest BCUT2D eigenvalue weighted by atomic mass is 16.5. The van der Waals surface area contributed by atoms with Crippen molar-refractivity contribution in [1.82, 2.24) is 5.32 Å². The molecule has 1 amide bonds. The highest BCUT2D eigenvalue weighted by molar-refractivity contribution is 5.97. The Bertz CT molecular complexity index is 481. The van der Waals surface area contributed by atoms with E-state index in [1.165, 1.54) is 18.6 Å². The first-order chi connectivity index (χ1) is 9.66. The molecule has 5 heteroatoms. The van der Waals surface area contributed by atoms with Crippen LogP contribution in [0.1, 0.15) is 46.4 Å². The second kappa shape index (κ2) is 7.05. The lowest BCUT2D eigenvalue weighted by Crippen LogP contribution is -2.29. The van der Waals surface area contributed by atoms with Gasteiger partial charge in [-0.15, -0.1) is 0 Å². The summed E-state index contributed by atoms with van der Waals surface area (Å²) in [6.45, 7) is 1.35. The Balaban J connectivity index is 1.82. The molecule has 1 aromatic rings. The number of carbonyl (C=O) groups excluding carboxylic acids is 1. The quantitative estimate of drug-likeness (QED) is 0.864. The fraction of sp³-hybridized carbons (Fsp3) is 0.467. The second-order valence-corrected chi connectivity index (χ2v) is 4.92. The summed E-state index contributed by atoms with van der Waals surface area (Å²) in [5, 5.41) is 11.7. The van der Waals surface area contributed by atoms with E-state index in [4.69, 9.17) is 9.84 Å². The second-order valence-electron chi connectivity index (χ2n) is 4.92. The van der Waals surface area contributed by atoms with E-state index in [1.807, 2.05) is 0 Å². The van der Waals surface area contributed by atoms with Crippen LogP contribution in [0, 0.1) is 0 Å². The molecule has 1 heterocycles. The van der Waals surface area contributed by atoms with Crippen LogP contribution in [-0.4, -0.2) is 36.2 Å². The van der Waals surface area contributed by atoms with E-state index in [1.54, 1.807) is 12.1 Å². The number of amides is 1. The van der Waals surface area contributed by atoms with Crippen LogP contribution in [-0.2, 0) is 4.74 Å². The number of nitrogens with one attached hydrogen (secondary N) is 1. The van der Waals surface area contributed by atoms with Crippen LogP contribution in [0.5, 0.6) is 0 Å². The van der Waals surface area contributed by atoms with Crippen LogP contribution >= 0.6 is 0 Å². The van der Waals surface area contributed by atoms with Crippen molar-refractivity contribution >= 4 is 11.9 Å². The summed E-state index contributed by atoms with van der Waals surface area (Å²) in [6, 6.07) is 6.03. The molecule has 20 heavy (non-hydrogen) atoms. The van der Waals surface area contributed by atoms with Gasteiger partial charge in [0.1, 0.15) is 0 Å². The lowest BCUT2D eigenvalue weighted by Gasteiger charge is -2.22. The smallest absolute Gasteiger partial charge is 0.335 e. The first-order valence-electron chi connectivity index (χ1n) is 6.90. The number of rotatable bonds is 5. The molecule has 0 saturated carbocycles. The van der Waals surface area contributed by atoms with Crippen molar-refractivity contribution in [3.05, 3.63) is 35.4 Å². The summed E-state index contributed by atoms with van der Waals surface area (Å²) in [4.78, 5) is 22.8. The van der Waals surface area contributed by atoms with Crippen LogP contribution in [0.4, 0.5) is 0 Å². The van der Waals surface area contributed by atoms with E-state index in [2.05, 4.69) is 5.32 Å². The normalized spacial score (nSPS) is 18.5. The predicted molar refractivity (Wildman–Crippen MR) is 73.9 cm³/mol. The van der Waals surface area contributed by atoms with Gasteiger partial charge in [-0.05, 0) is 43.9 Å². The van der Waals surface area contributed by atoms with Crippen molar-refractivity contribution in [3.8, 4) is 0 Å². The number of benzene rings is 1. The molecular weight excluding hydrogens is 258 g/mol. The van der Waals surface area contributed by atoms with Gasteiger partial charge >= 0.3 is 5.97 Å². The SMILES string of the molecule is O=C(O)c1cccc(C(=O)NCCC2CCCCO2)c1.